The van der Waals surface area contributed by atoms with Crippen LogP contribution < -0.4 is 5.32 Å². The second kappa shape index (κ2) is 5.87. The van der Waals surface area contributed by atoms with Gasteiger partial charge >= 0.3 is 18.3 Å². The van der Waals surface area contributed by atoms with E-state index >= 15 is 0 Å². The highest BCUT2D eigenvalue weighted by Gasteiger charge is 2.49. The van der Waals surface area contributed by atoms with Gasteiger partial charge in [0.1, 0.15) is 0 Å². The fourth-order valence-corrected chi connectivity index (χ4v) is 3.41. The minimum atomic E-state index is -4.74. The number of halogens is 7. The van der Waals surface area contributed by atoms with Crippen molar-refractivity contribution in [2.24, 2.45) is 0 Å². The molecular weight excluding hydrogens is 454 g/mol. The normalized spacial score (nSPS) is 11.8. The average molecular weight is 458 g/mol. The summed E-state index contributed by atoms with van der Waals surface area (Å²) in [7, 11) is 0. The SMILES string of the molecule is O=C(Nc1c(Br)cc(Br)cc1Br)C(F)(F)C(F)F. The molecule has 2 nitrogen and oxygen atoms in total. The second-order valence-corrected chi connectivity index (χ2v) is 5.75. The number of amides is 1. The van der Waals surface area contributed by atoms with Crippen LogP contribution in [0.1, 0.15) is 0 Å². The van der Waals surface area contributed by atoms with Gasteiger partial charge in [-0.2, -0.15) is 8.78 Å². The first-order valence-corrected chi connectivity index (χ1v) is 6.66. The smallest absolute Gasteiger partial charge is 0.319 e. The molecule has 0 unspecified atom stereocenters. The van der Waals surface area contributed by atoms with Gasteiger partial charge in [-0.25, -0.2) is 8.78 Å². The third-order valence-corrected chi connectivity index (χ3v) is 3.53. The molecule has 18 heavy (non-hydrogen) atoms. The molecule has 1 aromatic rings. The van der Waals surface area contributed by atoms with Crippen LogP contribution in [0.3, 0.4) is 0 Å². The number of rotatable bonds is 3. The predicted octanol–water partition coefficient (Wildman–Crippen LogP) is 4.81. The van der Waals surface area contributed by atoms with Crippen molar-refractivity contribution in [2.45, 2.75) is 12.3 Å². The number of alkyl halides is 4. The fourth-order valence-electron chi connectivity index (χ4n) is 0.958. The first kappa shape index (κ1) is 15.9. The lowest BCUT2D eigenvalue weighted by atomic mass is 10.3. The van der Waals surface area contributed by atoms with Gasteiger partial charge in [-0.1, -0.05) is 15.9 Å². The molecule has 1 rings (SSSR count). The lowest BCUT2D eigenvalue weighted by Gasteiger charge is -2.16. The molecule has 0 aromatic heterocycles. The van der Waals surface area contributed by atoms with Crippen molar-refractivity contribution in [1.82, 2.24) is 0 Å². The second-order valence-electron chi connectivity index (χ2n) is 3.12. The molecule has 0 spiro atoms. The Labute approximate surface area is 125 Å². The topological polar surface area (TPSA) is 29.1 Å². The van der Waals surface area contributed by atoms with Crippen molar-refractivity contribution in [3.63, 3.8) is 0 Å². The van der Waals surface area contributed by atoms with Crippen LogP contribution in [0.4, 0.5) is 23.2 Å². The highest BCUT2D eigenvalue weighted by Crippen LogP contribution is 2.35. The summed E-state index contributed by atoms with van der Waals surface area (Å²) in [6.45, 7) is 0. The van der Waals surface area contributed by atoms with E-state index in [2.05, 4.69) is 47.8 Å². The molecule has 0 aliphatic carbocycles. The van der Waals surface area contributed by atoms with Gasteiger partial charge in [-0.15, -0.1) is 0 Å². The van der Waals surface area contributed by atoms with Gasteiger partial charge in [0.15, 0.2) is 0 Å². The summed E-state index contributed by atoms with van der Waals surface area (Å²) in [5.41, 5.74) is -0.0523. The van der Waals surface area contributed by atoms with Gasteiger partial charge < -0.3 is 5.32 Å². The number of hydrogen-bond donors (Lipinski definition) is 1. The van der Waals surface area contributed by atoms with Crippen LogP contribution in [0.5, 0.6) is 0 Å². The number of nitrogens with one attached hydrogen (secondary N) is 1. The Morgan fingerprint density at radius 2 is 1.61 bits per heavy atom. The standard InChI is InChI=1S/C9H4Br3F4NO/c10-3-1-4(11)6(5(12)2-3)17-8(18)9(15,16)7(13)14/h1-2,7H,(H,17,18). The highest BCUT2D eigenvalue weighted by atomic mass is 79.9. The lowest BCUT2D eigenvalue weighted by molar-refractivity contribution is -0.163. The monoisotopic (exact) mass is 455 g/mol. The molecule has 0 atom stereocenters. The molecular formula is C9H4Br3F4NO. The average Bonchev–Trinajstić information content (AvgIpc) is 2.22. The molecule has 0 radical (unpaired) electrons. The zero-order valence-corrected chi connectivity index (χ0v) is 13.0. The van der Waals surface area contributed by atoms with Crippen LogP contribution in [0.15, 0.2) is 25.6 Å². The van der Waals surface area contributed by atoms with E-state index in [1.807, 2.05) is 0 Å². The van der Waals surface area contributed by atoms with E-state index in [9.17, 15) is 22.4 Å². The van der Waals surface area contributed by atoms with Crippen molar-refractivity contribution in [3.8, 4) is 0 Å². The molecule has 100 valence electrons. The number of carbonyl (C=O) groups excluding carboxylic acids is 1. The van der Waals surface area contributed by atoms with Gasteiger partial charge in [-0.3, -0.25) is 4.79 Å². The fraction of sp³-hybridized carbons (Fsp3) is 0.222. The van der Waals surface area contributed by atoms with Gasteiger partial charge in [0.25, 0.3) is 0 Å². The van der Waals surface area contributed by atoms with Crippen molar-refractivity contribution < 1.29 is 22.4 Å². The Morgan fingerprint density at radius 1 is 1.17 bits per heavy atom. The van der Waals surface area contributed by atoms with Crippen LogP contribution >= 0.6 is 47.8 Å². The van der Waals surface area contributed by atoms with Crippen LogP contribution in [0, 0.1) is 0 Å². The summed E-state index contributed by atoms with van der Waals surface area (Å²) in [4.78, 5) is 11.1. The summed E-state index contributed by atoms with van der Waals surface area (Å²) < 4.78 is 50.7. The van der Waals surface area contributed by atoms with Gasteiger partial charge in [0.05, 0.1) is 5.69 Å². The minimum Gasteiger partial charge on any atom is -0.319 e. The Balaban J connectivity index is 3.03. The van der Waals surface area contributed by atoms with E-state index in [0.29, 0.717) is 4.47 Å². The maximum Gasteiger partial charge on any atom is 0.383 e. The molecule has 9 heteroatoms. The number of carbonyl (C=O) groups is 1. The Hall–Kier alpha value is -0.150. The Kier molecular flexibility index (Phi) is 5.19. The van der Waals surface area contributed by atoms with E-state index in [1.54, 1.807) is 5.32 Å². The van der Waals surface area contributed by atoms with Crippen molar-refractivity contribution in [2.75, 3.05) is 5.32 Å². The molecule has 0 aliphatic rings. The van der Waals surface area contributed by atoms with Gasteiger partial charge in [0.2, 0.25) is 0 Å². The molecule has 0 bridgehead atoms. The lowest BCUT2D eigenvalue weighted by Crippen LogP contribution is -2.41. The maximum absolute atomic E-state index is 12.8. The van der Waals surface area contributed by atoms with Crippen molar-refractivity contribution in [1.29, 1.82) is 0 Å². The molecule has 0 saturated carbocycles. The summed E-state index contributed by atoms with van der Waals surface area (Å²) in [6, 6.07) is 2.95. The largest absolute Gasteiger partial charge is 0.383 e. The zero-order chi connectivity index (χ0) is 14.1. The zero-order valence-electron chi connectivity index (χ0n) is 8.29. The molecule has 1 aromatic carbocycles. The van der Waals surface area contributed by atoms with E-state index in [0.717, 1.165) is 0 Å². The van der Waals surface area contributed by atoms with E-state index in [-0.39, 0.29) is 14.6 Å². The third-order valence-electron chi connectivity index (χ3n) is 1.82. The predicted molar refractivity (Wildman–Crippen MR) is 69.1 cm³/mol. The number of benzene rings is 1. The van der Waals surface area contributed by atoms with Crippen LogP contribution in [0.2, 0.25) is 0 Å². The molecule has 0 fully saturated rings. The molecule has 1 amide bonds. The minimum absolute atomic E-state index is 0.0523. The maximum atomic E-state index is 12.8. The van der Waals surface area contributed by atoms with E-state index < -0.39 is 18.3 Å². The van der Waals surface area contributed by atoms with Gasteiger partial charge in [-0.05, 0) is 44.0 Å². The van der Waals surface area contributed by atoms with Crippen LogP contribution in [0.25, 0.3) is 0 Å². The Morgan fingerprint density at radius 3 is 2.00 bits per heavy atom. The third kappa shape index (κ3) is 3.45. The van der Waals surface area contributed by atoms with E-state index in [4.69, 9.17) is 0 Å². The van der Waals surface area contributed by atoms with Crippen molar-refractivity contribution >= 4 is 59.4 Å². The summed E-state index contributed by atoms with van der Waals surface area (Å²) >= 11 is 9.18. The summed E-state index contributed by atoms with van der Waals surface area (Å²) in [6.07, 6.45) is -4.06. The Bertz CT molecular complexity index is 458. The first-order chi connectivity index (χ1) is 8.16. The van der Waals surface area contributed by atoms with E-state index in [1.165, 1.54) is 12.1 Å². The number of anilines is 1. The van der Waals surface area contributed by atoms with Crippen molar-refractivity contribution in [3.05, 3.63) is 25.6 Å². The van der Waals surface area contributed by atoms with Gasteiger partial charge in [0, 0.05) is 13.4 Å². The molecule has 1 N–H and O–H groups in total. The molecule has 0 aliphatic heterocycles. The molecule has 0 heterocycles. The summed E-state index contributed by atoms with van der Waals surface area (Å²) in [5.74, 6) is -6.81. The number of hydrogen-bond acceptors (Lipinski definition) is 1. The summed E-state index contributed by atoms with van der Waals surface area (Å²) in [5, 5.41) is 1.74. The van der Waals surface area contributed by atoms with Crippen LogP contribution in [-0.4, -0.2) is 18.3 Å². The highest BCUT2D eigenvalue weighted by molar-refractivity contribution is 9.11. The first-order valence-electron chi connectivity index (χ1n) is 4.28. The quantitative estimate of drug-likeness (QED) is 0.648. The molecule has 0 saturated heterocycles. The van der Waals surface area contributed by atoms with Crippen LogP contribution in [-0.2, 0) is 4.79 Å².